The van der Waals surface area contributed by atoms with Crippen LogP contribution in [0, 0.1) is 19.8 Å². The van der Waals surface area contributed by atoms with E-state index in [9.17, 15) is 4.79 Å². The van der Waals surface area contributed by atoms with Crippen molar-refractivity contribution in [1.82, 2.24) is 14.9 Å². The van der Waals surface area contributed by atoms with Crippen molar-refractivity contribution in [3.63, 3.8) is 0 Å². The van der Waals surface area contributed by atoms with E-state index >= 15 is 0 Å². The van der Waals surface area contributed by atoms with Crippen molar-refractivity contribution in [3.8, 4) is 0 Å². The van der Waals surface area contributed by atoms with Crippen molar-refractivity contribution in [2.75, 3.05) is 31.1 Å². The Labute approximate surface area is 191 Å². The largest absolute Gasteiger partial charge is 0.353 e. The molecule has 0 N–H and O–H groups in total. The van der Waals surface area contributed by atoms with E-state index in [4.69, 9.17) is 16.6 Å². The fourth-order valence-electron chi connectivity index (χ4n) is 4.34. The number of benzene rings is 1. The molecule has 31 heavy (non-hydrogen) atoms. The van der Waals surface area contributed by atoms with E-state index in [1.165, 1.54) is 5.56 Å². The van der Waals surface area contributed by atoms with E-state index in [0.29, 0.717) is 5.91 Å². The molecule has 1 saturated heterocycles. The summed E-state index contributed by atoms with van der Waals surface area (Å²) in [5.74, 6) is 2.28. The number of halogens is 1. The van der Waals surface area contributed by atoms with Gasteiger partial charge in [0.05, 0.1) is 0 Å². The van der Waals surface area contributed by atoms with Gasteiger partial charge in [0.2, 0.25) is 5.91 Å². The van der Waals surface area contributed by atoms with Crippen molar-refractivity contribution in [1.29, 1.82) is 0 Å². The first-order valence-electron chi connectivity index (χ1n) is 11.5. The number of carbonyl (C=O) groups excluding carboxylic acids is 1. The van der Waals surface area contributed by atoms with E-state index in [1.807, 2.05) is 19.1 Å². The molecule has 1 atom stereocenters. The Morgan fingerprint density at radius 2 is 1.74 bits per heavy atom. The normalized spacial score (nSPS) is 15.3. The average molecular weight is 443 g/mol. The number of aryl methyl sites for hydroxylation is 2. The fourth-order valence-corrected chi connectivity index (χ4v) is 4.47. The number of hydrogen-bond acceptors (Lipinski definition) is 4. The minimum Gasteiger partial charge on any atom is -0.353 e. The van der Waals surface area contributed by atoms with Gasteiger partial charge in [-0.15, -0.1) is 0 Å². The summed E-state index contributed by atoms with van der Waals surface area (Å²) in [6, 6.07) is 7.97. The van der Waals surface area contributed by atoms with Crippen molar-refractivity contribution in [2.24, 2.45) is 5.92 Å². The highest BCUT2D eigenvalue weighted by molar-refractivity contribution is 6.30. The van der Waals surface area contributed by atoms with E-state index < -0.39 is 0 Å². The topological polar surface area (TPSA) is 49.3 Å². The lowest BCUT2D eigenvalue weighted by atomic mass is 9.97. The predicted octanol–water partition coefficient (Wildman–Crippen LogP) is 5.20. The van der Waals surface area contributed by atoms with Crippen molar-refractivity contribution in [2.45, 2.75) is 59.8 Å². The molecule has 0 aliphatic carbocycles. The lowest BCUT2D eigenvalue weighted by Crippen LogP contribution is -2.51. The lowest BCUT2D eigenvalue weighted by molar-refractivity contribution is -0.136. The number of aromatic nitrogens is 2. The molecule has 5 nitrogen and oxygen atoms in total. The van der Waals surface area contributed by atoms with Crippen LogP contribution in [-0.4, -0.2) is 47.0 Å². The Hall–Kier alpha value is -2.14. The molecule has 168 valence electrons. The van der Waals surface area contributed by atoms with Crippen LogP contribution in [0.3, 0.4) is 0 Å². The molecular formula is C25H35ClN4O. The maximum atomic E-state index is 13.0. The van der Waals surface area contributed by atoms with Crippen LogP contribution in [0.25, 0.3) is 0 Å². The molecule has 1 amide bonds. The molecule has 1 aliphatic rings. The number of anilines is 1. The van der Waals surface area contributed by atoms with Crippen LogP contribution in [-0.2, 0) is 11.2 Å². The molecule has 0 spiro atoms. The third-order valence-electron chi connectivity index (χ3n) is 6.24. The third kappa shape index (κ3) is 5.97. The second kappa shape index (κ2) is 10.9. The minimum atomic E-state index is 0.163. The summed E-state index contributed by atoms with van der Waals surface area (Å²) in [5.41, 5.74) is 3.36. The van der Waals surface area contributed by atoms with Crippen LogP contribution in [0.5, 0.6) is 0 Å². The summed E-state index contributed by atoms with van der Waals surface area (Å²) in [4.78, 5) is 26.8. The summed E-state index contributed by atoms with van der Waals surface area (Å²) in [5, 5.41) is 0.742. The number of hydrogen-bond donors (Lipinski definition) is 0. The van der Waals surface area contributed by atoms with Crippen LogP contribution in [0.15, 0.2) is 24.3 Å². The fraction of sp³-hybridized carbons (Fsp3) is 0.560. The molecule has 1 aliphatic heterocycles. The molecule has 1 aromatic heterocycles. The molecule has 6 heteroatoms. The van der Waals surface area contributed by atoms with Crippen LogP contribution in [0.2, 0.25) is 5.02 Å². The molecule has 2 aromatic rings. The molecule has 3 rings (SSSR count). The Bertz CT molecular complexity index is 876. The van der Waals surface area contributed by atoms with Crippen LogP contribution in [0.1, 0.15) is 62.2 Å². The predicted molar refractivity (Wildman–Crippen MR) is 128 cm³/mol. The van der Waals surface area contributed by atoms with Gasteiger partial charge in [0.15, 0.2) is 0 Å². The van der Waals surface area contributed by atoms with Gasteiger partial charge in [0, 0.05) is 54.8 Å². The van der Waals surface area contributed by atoms with Crippen molar-refractivity contribution >= 4 is 23.3 Å². The zero-order valence-corrected chi connectivity index (χ0v) is 20.1. The monoisotopic (exact) mass is 442 g/mol. The Kier molecular flexibility index (Phi) is 8.30. The zero-order chi connectivity index (χ0) is 22.4. The third-order valence-corrected chi connectivity index (χ3v) is 6.49. The summed E-state index contributed by atoms with van der Waals surface area (Å²) in [7, 11) is 0. The second-order valence-electron chi connectivity index (χ2n) is 8.52. The summed E-state index contributed by atoms with van der Waals surface area (Å²) >= 11 is 6.05. The molecule has 1 fully saturated rings. The first kappa shape index (κ1) is 23.5. The first-order chi connectivity index (χ1) is 14.9. The highest BCUT2D eigenvalue weighted by Gasteiger charge is 2.28. The van der Waals surface area contributed by atoms with Crippen LogP contribution < -0.4 is 4.90 Å². The van der Waals surface area contributed by atoms with E-state index in [1.54, 1.807) is 0 Å². The Morgan fingerprint density at radius 3 is 2.35 bits per heavy atom. The van der Waals surface area contributed by atoms with Gasteiger partial charge in [-0.1, -0.05) is 50.4 Å². The number of piperazine rings is 1. The van der Waals surface area contributed by atoms with Gasteiger partial charge in [0.25, 0.3) is 0 Å². The number of rotatable bonds is 8. The molecule has 0 radical (unpaired) electrons. The molecule has 0 bridgehead atoms. The van der Waals surface area contributed by atoms with Gasteiger partial charge < -0.3 is 9.80 Å². The number of carbonyl (C=O) groups is 1. The summed E-state index contributed by atoms with van der Waals surface area (Å²) < 4.78 is 0. The zero-order valence-electron chi connectivity index (χ0n) is 19.3. The van der Waals surface area contributed by atoms with Gasteiger partial charge in [-0.05, 0) is 44.4 Å². The van der Waals surface area contributed by atoms with Crippen molar-refractivity contribution < 1.29 is 4.79 Å². The molecular weight excluding hydrogens is 408 g/mol. The average Bonchev–Trinajstić information content (AvgIpc) is 2.77. The highest BCUT2D eigenvalue weighted by Crippen LogP contribution is 2.26. The standard InChI is InChI=1S/C25H35ClN4O/c1-5-7-8-21(6-2)25(31)30-15-13-29(14-16-30)24-23(18(3)27-19(4)28-24)17-20-9-11-22(26)12-10-20/h9-12,21H,5-8,13-17H2,1-4H3. The van der Waals surface area contributed by atoms with Gasteiger partial charge in [-0.25, -0.2) is 9.97 Å². The molecule has 0 saturated carbocycles. The Balaban J connectivity index is 1.73. The van der Waals surface area contributed by atoms with Crippen LogP contribution in [0.4, 0.5) is 5.82 Å². The number of unbranched alkanes of at least 4 members (excludes halogenated alkanes) is 1. The molecule has 1 aromatic carbocycles. The first-order valence-corrected chi connectivity index (χ1v) is 11.9. The summed E-state index contributed by atoms with van der Waals surface area (Å²) in [6.07, 6.45) is 4.96. The lowest BCUT2D eigenvalue weighted by Gasteiger charge is -2.38. The highest BCUT2D eigenvalue weighted by atomic mass is 35.5. The van der Waals surface area contributed by atoms with Gasteiger partial charge in [-0.2, -0.15) is 0 Å². The quantitative estimate of drug-likeness (QED) is 0.563. The maximum absolute atomic E-state index is 13.0. The maximum Gasteiger partial charge on any atom is 0.225 e. The molecule has 2 heterocycles. The summed E-state index contributed by atoms with van der Waals surface area (Å²) in [6.45, 7) is 11.4. The van der Waals surface area contributed by atoms with Crippen molar-refractivity contribution in [3.05, 3.63) is 51.9 Å². The minimum absolute atomic E-state index is 0.163. The molecule has 1 unspecified atom stereocenters. The Morgan fingerprint density at radius 1 is 1.06 bits per heavy atom. The smallest absolute Gasteiger partial charge is 0.225 e. The van der Waals surface area contributed by atoms with E-state index in [-0.39, 0.29) is 5.92 Å². The number of nitrogens with zero attached hydrogens (tertiary/aromatic N) is 4. The van der Waals surface area contributed by atoms with Gasteiger partial charge in [-0.3, -0.25) is 4.79 Å². The van der Waals surface area contributed by atoms with E-state index in [0.717, 1.165) is 86.2 Å². The van der Waals surface area contributed by atoms with Crippen LogP contribution >= 0.6 is 11.6 Å². The van der Waals surface area contributed by atoms with Gasteiger partial charge in [0.1, 0.15) is 11.6 Å². The SMILES string of the molecule is CCCCC(CC)C(=O)N1CCN(c2nc(C)nc(C)c2Cc2ccc(Cl)cc2)CC1. The number of amides is 1. The van der Waals surface area contributed by atoms with E-state index in [2.05, 4.69) is 47.7 Å². The van der Waals surface area contributed by atoms with Gasteiger partial charge >= 0.3 is 0 Å². The second-order valence-corrected chi connectivity index (χ2v) is 8.96.